The zero-order valence-electron chi connectivity index (χ0n) is 11.1. The maximum Gasteiger partial charge on any atom is 0.224 e. The molecule has 0 aromatic rings. The van der Waals surface area contributed by atoms with Gasteiger partial charge in [-0.1, -0.05) is 6.92 Å². The van der Waals surface area contributed by atoms with Gasteiger partial charge in [0.25, 0.3) is 0 Å². The Morgan fingerprint density at radius 3 is 2.00 bits per heavy atom. The maximum atomic E-state index is 11.7. The van der Waals surface area contributed by atoms with Gasteiger partial charge >= 0.3 is 0 Å². The molecule has 1 atom stereocenters. The first-order chi connectivity index (χ1) is 7.43. The predicted molar refractivity (Wildman–Crippen MR) is 65.0 cm³/mol. The Hall–Kier alpha value is -1.06. The fourth-order valence-electron chi connectivity index (χ4n) is 1.64. The van der Waals surface area contributed by atoms with E-state index in [2.05, 4.69) is 0 Å². The molecule has 0 spiro atoms. The second-order valence-electron chi connectivity index (χ2n) is 4.24. The average molecular weight is 228 g/mol. The molecule has 0 saturated carbocycles. The Morgan fingerprint density at radius 1 is 1.12 bits per heavy atom. The second-order valence-corrected chi connectivity index (χ2v) is 4.24. The summed E-state index contributed by atoms with van der Waals surface area (Å²) in [6, 6.07) is 0. The van der Waals surface area contributed by atoms with Crippen molar-refractivity contribution in [1.29, 1.82) is 0 Å². The molecule has 0 aromatic carbocycles. The van der Waals surface area contributed by atoms with Crippen LogP contribution in [0.3, 0.4) is 0 Å². The highest BCUT2D eigenvalue weighted by molar-refractivity contribution is 5.80. The van der Waals surface area contributed by atoms with Crippen molar-refractivity contribution < 1.29 is 9.59 Å². The van der Waals surface area contributed by atoms with E-state index < -0.39 is 0 Å². The molecule has 2 amide bonds. The van der Waals surface area contributed by atoms with Crippen molar-refractivity contribution in [3.8, 4) is 0 Å². The minimum atomic E-state index is -0.0745. The van der Waals surface area contributed by atoms with Crippen LogP contribution in [0.4, 0.5) is 0 Å². The van der Waals surface area contributed by atoms with Gasteiger partial charge in [0.15, 0.2) is 0 Å². The molecule has 4 nitrogen and oxygen atoms in total. The van der Waals surface area contributed by atoms with Crippen LogP contribution in [0, 0.1) is 5.92 Å². The quantitative estimate of drug-likeness (QED) is 0.688. The molecule has 0 aliphatic rings. The molecular weight excluding hydrogens is 204 g/mol. The zero-order chi connectivity index (χ0) is 12.7. The standard InChI is InChI=1S/C12H24N2O2/c1-6-14(7-2)11(15)9-8-10(3)12(16)13(4)5/h10H,6-9H2,1-5H3. The monoisotopic (exact) mass is 228 g/mol. The zero-order valence-corrected chi connectivity index (χ0v) is 11.1. The van der Waals surface area contributed by atoms with E-state index in [-0.39, 0.29) is 17.7 Å². The Balaban J connectivity index is 4.05. The SMILES string of the molecule is CCN(CC)C(=O)CCC(C)C(=O)N(C)C. The number of amides is 2. The number of hydrogen-bond acceptors (Lipinski definition) is 2. The van der Waals surface area contributed by atoms with Gasteiger partial charge in [0.2, 0.25) is 11.8 Å². The van der Waals surface area contributed by atoms with Gasteiger partial charge in [-0.25, -0.2) is 0 Å². The summed E-state index contributed by atoms with van der Waals surface area (Å²) in [5.41, 5.74) is 0. The summed E-state index contributed by atoms with van der Waals surface area (Å²) in [7, 11) is 3.48. The summed E-state index contributed by atoms with van der Waals surface area (Å²) in [4.78, 5) is 26.6. The molecule has 0 aromatic heterocycles. The van der Waals surface area contributed by atoms with Gasteiger partial charge in [-0.2, -0.15) is 0 Å². The molecular formula is C12H24N2O2. The Bertz CT molecular complexity index is 235. The highest BCUT2D eigenvalue weighted by Crippen LogP contribution is 2.09. The number of carbonyl (C=O) groups is 2. The van der Waals surface area contributed by atoms with E-state index in [1.54, 1.807) is 23.9 Å². The summed E-state index contributed by atoms with van der Waals surface area (Å²) in [5.74, 6) is 0.158. The van der Waals surface area contributed by atoms with Crippen LogP contribution >= 0.6 is 0 Å². The molecule has 94 valence electrons. The Morgan fingerprint density at radius 2 is 1.62 bits per heavy atom. The van der Waals surface area contributed by atoms with Crippen LogP contribution in [-0.4, -0.2) is 48.8 Å². The lowest BCUT2D eigenvalue weighted by molar-refractivity contribution is -0.134. The van der Waals surface area contributed by atoms with E-state index in [1.165, 1.54) is 0 Å². The Labute approximate surface area is 98.6 Å². The topological polar surface area (TPSA) is 40.6 Å². The van der Waals surface area contributed by atoms with Crippen molar-refractivity contribution in [2.75, 3.05) is 27.2 Å². The van der Waals surface area contributed by atoms with Crippen molar-refractivity contribution in [3.05, 3.63) is 0 Å². The van der Waals surface area contributed by atoms with Gasteiger partial charge in [-0.05, 0) is 20.3 Å². The van der Waals surface area contributed by atoms with Crippen LogP contribution < -0.4 is 0 Å². The first-order valence-corrected chi connectivity index (χ1v) is 5.92. The van der Waals surface area contributed by atoms with E-state index in [4.69, 9.17) is 0 Å². The lowest BCUT2D eigenvalue weighted by atomic mass is 10.0. The number of rotatable bonds is 6. The van der Waals surface area contributed by atoms with Crippen LogP contribution in [0.5, 0.6) is 0 Å². The molecule has 0 bridgehead atoms. The van der Waals surface area contributed by atoms with Crippen molar-refractivity contribution >= 4 is 11.8 Å². The van der Waals surface area contributed by atoms with Gasteiger partial charge in [0.1, 0.15) is 0 Å². The molecule has 1 unspecified atom stereocenters. The predicted octanol–water partition coefficient (Wildman–Crippen LogP) is 1.36. The molecule has 0 aliphatic carbocycles. The Kier molecular flexibility index (Phi) is 6.77. The highest BCUT2D eigenvalue weighted by atomic mass is 16.2. The van der Waals surface area contributed by atoms with Crippen LogP contribution in [0.2, 0.25) is 0 Å². The summed E-state index contributed by atoms with van der Waals surface area (Å²) < 4.78 is 0. The lowest BCUT2D eigenvalue weighted by Gasteiger charge is -2.20. The van der Waals surface area contributed by atoms with Gasteiger partial charge in [0, 0.05) is 39.5 Å². The van der Waals surface area contributed by atoms with Gasteiger partial charge < -0.3 is 9.80 Å². The van der Waals surface area contributed by atoms with E-state index in [0.717, 1.165) is 13.1 Å². The number of hydrogen-bond donors (Lipinski definition) is 0. The fourth-order valence-corrected chi connectivity index (χ4v) is 1.64. The molecule has 0 N–H and O–H groups in total. The van der Waals surface area contributed by atoms with Crippen LogP contribution in [-0.2, 0) is 9.59 Å². The molecule has 0 aliphatic heterocycles. The van der Waals surface area contributed by atoms with E-state index >= 15 is 0 Å². The molecule has 0 fully saturated rings. The smallest absolute Gasteiger partial charge is 0.224 e. The third kappa shape index (κ3) is 4.64. The summed E-state index contributed by atoms with van der Waals surface area (Å²) in [5, 5.41) is 0. The van der Waals surface area contributed by atoms with Crippen LogP contribution in [0.1, 0.15) is 33.6 Å². The fraction of sp³-hybridized carbons (Fsp3) is 0.833. The third-order valence-electron chi connectivity index (χ3n) is 2.77. The number of carbonyl (C=O) groups excluding carboxylic acids is 2. The summed E-state index contributed by atoms with van der Waals surface area (Å²) >= 11 is 0. The summed E-state index contributed by atoms with van der Waals surface area (Å²) in [6.07, 6.45) is 1.09. The van der Waals surface area contributed by atoms with Crippen LogP contribution in [0.15, 0.2) is 0 Å². The minimum Gasteiger partial charge on any atom is -0.349 e. The molecule has 0 radical (unpaired) electrons. The largest absolute Gasteiger partial charge is 0.349 e. The van der Waals surface area contributed by atoms with Crippen molar-refractivity contribution in [2.45, 2.75) is 33.6 Å². The minimum absolute atomic E-state index is 0.0745. The average Bonchev–Trinajstić information content (AvgIpc) is 2.26. The summed E-state index contributed by atoms with van der Waals surface area (Å²) in [6.45, 7) is 7.29. The third-order valence-corrected chi connectivity index (χ3v) is 2.77. The normalized spacial score (nSPS) is 12.1. The van der Waals surface area contributed by atoms with Crippen molar-refractivity contribution in [3.63, 3.8) is 0 Å². The van der Waals surface area contributed by atoms with Gasteiger partial charge in [-0.3, -0.25) is 9.59 Å². The number of nitrogens with zero attached hydrogens (tertiary/aromatic N) is 2. The first kappa shape index (κ1) is 14.9. The maximum absolute atomic E-state index is 11.7. The van der Waals surface area contributed by atoms with Crippen LogP contribution in [0.25, 0.3) is 0 Å². The van der Waals surface area contributed by atoms with Gasteiger partial charge in [-0.15, -0.1) is 0 Å². The van der Waals surface area contributed by atoms with Gasteiger partial charge in [0.05, 0.1) is 0 Å². The van der Waals surface area contributed by atoms with E-state index in [1.807, 2.05) is 20.8 Å². The molecule has 0 saturated heterocycles. The highest BCUT2D eigenvalue weighted by Gasteiger charge is 2.17. The molecule has 16 heavy (non-hydrogen) atoms. The molecule has 0 heterocycles. The van der Waals surface area contributed by atoms with Crippen molar-refractivity contribution in [1.82, 2.24) is 9.80 Å². The van der Waals surface area contributed by atoms with E-state index in [0.29, 0.717) is 12.8 Å². The molecule has 4 heteroatoms. The van der Waals surface area contributed by atoms with Crippen molar-refractivity contribution in [2.24, 2.45) is 5.92 Å². The second kappa shape index (κ2) is 7.25. The first-order valence-electron chi connectivity index (χ1n) is 5.92. The molecule has 0 rings (SSSR count). The lowest BCUT2D eigenvalue weighted by Crippen LogP contribution is -2.32. The van der Waals surface area contributed by atoms with E-state index in [9.17, 15) is 9.59 Å².